The molecule has 5 nitrogen and oxygen atoms in total. The van der Waals surface area contributed by atoms with E-state index in [0.717, 1.165) is 22.2 Å². The van der Waals surface area contributed by atoms with E-state index in [1.165, 1.54) is 0 Å². The molecular weight excluding hydrogens is 228 g/mol. The zero-order valence-corrected chi connectivity index (χ0v) is 11.1. The van der Waals surface area contributed by atoms with Gasteiger partial charge in [-0.2, -0.15) is 0 Å². The van der Waals surface area contributed by atoms with Crippen LogP contribution in [-0.4, -0.2) is 15.5 Å². The summed E-state index contributed by atoms with van der Waals surface area (Å²) >= 11 is 0. The van der Waals surface area contributed by atoms with E-state index in [9.17, 15) is 4.79 Å². The topological polar surface area (TPSA) is 86.9 Å². The molecular formula is C13H18N4O. The van der Waals surface area contributed by atoms with Crippen molar-refractivity contribution < 1.29 is 4.79 Å². The number of benzene rings is 1. The van der Waals surface area contributed by atoms with Crippen LogP contribution < -0.4 is 11.5 Å². The summed E-state index contributed by atoms with van der Waals surface area (Å²) in [4.78, 5) is 15.9. The zero-order chi connectivity index (χ0) is 13.7. The Bertz CT molecular complexity index is 640. The second-order valence-electron chi connectivity index (χ2n) is 5.15. The molecule has 2 aromatic rings. The number of nitrogens with two attached hydrogens (primary N) is 2. The molecule has 0 aliphatic carbocycles. The molecule has 0 bridgehead atoms. The summed E-state index contributed by atoms with van der Waals surface area (Å²) < 4.78 is 1.69. The quantitative estimate of drug-likeness (QED) is 0.840. The number of aryl methyl sites for hydroxylation is 2. The summed E-state index contributed by atoms with van der Waals surface area (Å²) in [5.41, 5.74) is 14.4. The van der Waals surface area contributed by atoms with Gasteiger partial charge >= 0.3 is 0 Å². The number of imidazole rings is 1. The Morgan fingerprint density at radius 3 is 2.39 bits per heavy atom. The van der Waals surface area contributed by atoms with E-state index in [1.807, 2.05) is 26.0 Å². The molecule has 18 heavy (non-hydrogen) atoms. The van der Waals surface area contributed by atoms with Gasteiger partial charge in [0.15, 0.2) is 0 Å². The number of fused-ring (bicyclic) bond motifs is 1. The summed E-state index contributed by atoms with van der Waals surface area (Å²) in [6, 6.07) is 3.95. The Morgan fingerprint density at radius 1 is 1.28 bits per heavy atom. The normalized spacial score (nSPS) is 12.0. The maximum Gasteiger partial charge on any atom is 0.243 e. The molecule has 0 spiro atoms. The fourth-order valence-corrected chi connectivity index (χ4v) is 2.05. The third-order valence-corrected chi connectivity index (χ3v) is 3.46. The van der Waals surface area contributed by atoms with Crippen molar-refractivity contribution in [1.82, 2.24) is 9.55 Å². The van der Waals surface area contributed by atoms with E-state index >= 15 is 0 Å². The van der Waals surface area contributed by atoms with Crippen molar-refractivity contribution in [3.8, 4) is 0 Å². The van der Waals surface area contributed by atoms with Crippen LogP contribution in [0.2, 0.25) is 0 Å². The van der Waals surface area contributed by atoms with Crippen LogP contribution in [0.5, 0.6) is 0 Å². The Labute approximate surface area is 106 Å². The van der Waals surface area contributed by atoms with Crippen LogP contribution in [0.4, 0.5) is 5.95 Å². The predicted octanol–water partition coefficient (Wildman–Crippen LogP) is 1.46. The van der Waals surface area contributed by atoms with Crippen LogP contribution >= 0.6 is 0 Å². The van der Waals surface area contributed by atoms with E-state index in [-0.39, 0.29) is 0 Å². The van der Waals surface area contributed by atoms with Crippen molar-refractivity contribution >= 4 is 22.9 Å². The highest BCUT2D eigenvalue weighted by Crippen LogP contribution is 2.28. The Kier molecular flexibility index (Phi) is 2.57. The minimum Gasteiger partial charge on any atom is -0.369 e. The number of carbonyl (C=O) groups is 1. The molecule has 0 aliphatic rings. The second kappa shape index (κ2) is 3.73. The van der Waals surface area contributed by atoms with Crippen LogP contribution in [0, 0.1) is 13.8 Å². The number of rotatable bonds is 2. The molecule has 96 valence electrons. The first kappa shape index (κ1) is 12.4. The highest BCUT2D eigenvalue weighted by molar-refractivity contribution is 5.87. The summed E-state index contributed by atoms with van der Waals surface area (Å²) in [5.74, 6) is -0.134. The Morgan fingerprint density at radius 2 is 1.83 bits per heavy atom. The van der Waals surface area contributed by atoms with E-state index in [0.29, 0.717) is 5.95 Å². The monoisotopic (exact) mass is 246 g/mol. The number of primary amides is 1. The van der Waals surface area contributed by atoms with E-state index in [2.05, 4.69) is 4.98 Å². The fraction of sp³-hybridized carbons (Fsp3) is 0.385. The number of nitrogens with zero attached hydrogens (tertiary/aromatic N) is 2. The molecule has 0 saturated heterocycles. The predicted molar refractivity (Wildman–Crippen MR) is 72.1 cm³/mol. The van der Waals surface area contributed by atoms with Crippen LogP contribution in [0.1, 0.15) is 25.0 Å². The van der Waals surface area contributed by atoms with Crippen LogP contribution in [0.3, 0.4) is 0 Å². The van der Waals surface area contributed by atoms with Gasteiger partial charge in [-0.25, -0.2) is 4.98 Å². The van der Waals surface area contributed by atoms with Gasteiger partial charge in [-0.15, -0.1) is 0 Å². The number of hydrogen-bond donors (Lipinski definition) is 2. The highest BCUT2D eigenvalue weighted by Gasteiger charge is 2.31. The third kappa shape index (κ3) is 1.63. The average molecular weight is 246 g/mol. The number of carbonyl (C=O) groups excluding carboxylic acids is 1. The first-order valence-electron chi connectivity index (χ1n) is 5.80. The summed E-state index contributed by atoms with van der Waals surface area (Å²) in [6.45, 7) is 7.51. The van der Waals surface area contributed by atoms with Gasteiger partial charge in [0, 0.05) is 0 Å². The molecule has 0 aliphatic heterocycles. The van der Waals surface area contributed by atoms with Crippen molar-refractivity contribution in [3.05, 3.63) is 23.3 Å². The SMILES string of the molecule is Cc1cc2nc(N)n(C(C)(C)C(N)=O)c2cc1C. The maximum absolute atomic E-state index is 11.6. The van der Waals surface area contributed by atoms with Crippen molar-refractivity contribution in [2.45, 2.75) is 33.2 Å². The lowest BCUT2D eigenvalue weighted by atomic mass is 10.0. The molecule has 5 heteroatoms. The molecule has 1 amide bonds. The Balaban J connectivity index is 2.83. The molecule has 1 aromatic carbocycles. The van der Waals surface area contributed by atoms with Crippen LogP contribution in [-0.2, 0) is 10.3 Å². The van der Waals surface area contributed by atoms with Gasteiger partial charge in [0.1, 0.15) is 5.54 Å². The van der Waals surface area contributed by atoms with Gasteiger partial charge in [0.25, 0.3) is 0 Å². The lowest BCUT2D eigenvalue weighted by molar-refractivity contribution is -0.124. The smallest absolute Gasteiger partial charge is 0.243 e. The third-order valence-electron chi connectivity index (χ3n) is 3.46. The first-order chi connectivity index (χ1) is 8.25. The largest absolute Gasteiger partial charge is 0.369 e. The lowest BCUT2D eigenvalue weighted by Gasteiger charge is -2.24. The minimum atomic E-state index is -0.902. The lowest BCUT2D eigenvalue weighted by Crippen LogP contribution is -2.41. The highest BCUT2D eigenvalue weighted by atomic mass is 16.1. The van der Waals surface area contributed by atoms with E-state index < -0.39 is 11.4 Å². The van der Waals surface area contributed by atoms with E-state index in [4.69, 9.17) is 11.5 Å². The number of hydrogen-bond acceptors (Lipinski definition) is 3. The van der Waals surface area contributed by atoms with E-state index in [1.54, 1.807) is 18.4 Å². The number of nitrogen functional groups attached to an aromatic ring is 1. The summed E-state index contributed by atoms with van der Waals surface area (Å²) in [7, 11) is 0. The molecule has 4 N–H and O–H groups in total. The number of amides is 1. The molecule has 0 unspecified atom stereocenters. The maximum atomic E-state index is 11.6. The molecule has 1 heterocycles. The first-order valence-corrected chi connectivity index (χ1v) is 5.80. The van der Waals surface area contributed by atoms with Crippen molar-refractivity contribution in [2.75, 3.05) is 5.73 Å². The van der Waals surface area contributed by atoms with Crippen molar-refractivity contribution in [2.24, 2.45) is 5.73 Å². The van der Waals surface area contributed by atoms with Gasteiger partial charge in [-0.3, -0.25) is 9.36 Å². The minimum absolute atomic E-state index is 0.304. The molecule has 1 aromatic heterocycles. The molecule has 0 atom stereocenters. The standard InChI is InChI=1S/C13H18N4O/c1-7-5-9-10(6-8(7)2)17(12(15)16-9)13(3,4)11(14)18/h5-6H,1-4H3,(H2,14,18)(H2,15,16). The fourth-order valence-electron chi connectivity index (χ4n) is 2.05. The molecule has 2 rings (SSSR count). The molecule has 0 radical (unpaired) electrons. The van der Waals surface area contributed by atoms with Crippen LogP contribution in [0.25, 0.3) is 11.0 Å². The van der Waals surface area contributed by atoms with Crippen LogP contribution in [0.15, 0.2) is 12.1 Å². The van der Waals surface area contributed by atoms with Gasteiger partial charge in [0.05, 0.1) is 11.0 Å². The second-order valence-corrected chi connectivity index (χ2v) is 5.15. The molecule has 0 fully saturated rings. The van der Waals surface area contributed by atoms with Gasteiger partial charge in [-0.05, 0) is 51.0 Å². The summed E-state index contributed by atoms with van der Waals surface area (Å²) in [5, 5.41) is 0. The van der Waals surface area contributed by atoms with Gasteiger partial charge in [-0.1, -0.05) is 0 Å². The van der Waals surface area contributed by atoms with Crippen molar-refractivity contribution in [1.29, 1.82) is 0 Å². The summed E-state index contributed by atoms with van der Waals surface area (Å²) in [6.07, 6.45) is 0. The Hall–Kier alpha value is -2.04. The zero-order valence-electron chi connectivity index (χ0n) is 11.1. The van der Waals surface area contributed by atoms with Crippen molar-refractivity contribution in [3.63, 3.8) is 0 Å². The molecule has 0 saturated carbocycles. The number of aromatic nitrogens is 2. The van der Waals surface area contributed by atoms with Gasteiger partial charge < -0.3 is 11.5 Å². The van der Waals surface area contributed by atoms with Gasteiger partial charge in [0.2, 0.25) is 11.9 Å². The average Bonchev–Trinajstić information content (AvgIpc) is 2.54. The number of anilines is 1.